The lowest BCUT2D eigenvalue weighted by molar-refractivity contribution is -0.119. The van der Waals surface area contributed by atoms with Gasteiger partial charge in [-0.15, -0.1) is 0 Å². The second-order valence-corrected chi connectivity index (χ2v) is 4.35. The van der Waals surface area contributed by atoms with E-state index in [1.165, 1.54) is 18.5 Å². The van der Waals surface area contributed by atoms with Crippen LogP contribution in [0.3, 0.4) is 0 Å². The fraction of sp³-hybridized carbons (Fsp3) is 0.455. The molecule has 0 spiro atoms. The number of hydrogen-bond acceptors (Lipinski definition) is 4. The van der Waals surface area contributed by atoms with Crippen molar-refractivity contribution >= 4 is 24.2 Å². The number of rotatable bonds is 3. The first kappa shape index (κ1) is 12.1. The van der Waals surface area contributed by atoms with Crippen LogP contribution in [0, 0.1) is 5.92 Å². The molecule has 0 radical (unpaired) electrons. The summed E-state index contributed by atoms with van der Waals surface area (Å²) in [6, 6.07) is 1.52. The third-order valence-electron chi connectivity index (χ3n) is 3.05. The van der Waals surface area contributed by atoms with Gasteiger partial charge in [0, 0.05) is 17.6 Å². The number of aromatic nitrogens is 1. The Balaban J connectivity index is 2.02. The number of nitrogens with one attached hydrogen (secondary N) is 1. The molecule has 1 heterocycles. The summed E-state index contributed by atoms with van der Waals surface area (Å²) in [4.78, 5) is 15.7. The fourth-order valence-corrected chi connectivity index (χ4v) is 2.10. The molecule has 6 heteroatoms. The van der Waals surface area contributed by atoms with E-state index in [9.17, 15) is 4.79 Å². The van der Waals surface area contributed by atoms with Gasteiger partial charge in [0.25, 0.3) is 0 Å². The van der Waals surface area contributed by atoms with Crippen LogP contribution in [0.25, 0.3) is 0 Å². The topological polar surface area (TPSA) is 82.5 Å². The van der Waals surface area contributed by atoms with E-state index >= 15 is 0 Å². The van der Waals surface area contributed by atoms with Crippen LogP contribution in [0.1, 0.15) is 25.7 Å². The highest BCUT2D eigenvalue weighted by Crippen LogP contribution is 2.25. The number of hydrogen-bond donors (Lipinski definition) is 3. The SMILES string of the molecule is O=C(Nc1cncc(B(O)O)c1)C1CCCC1. The van der Waals surface area contributed by atoms with Crippen LogP contribution in [0.15, 0.2) is 18.5 Å². The summed E-state index contributed by atoms with van der Waals surface area (Å²) in [5, 5.41) is 20.7. The molecule has 1 aromatic rings. The summed E-state index contributed by atoms with van der Waals surface area (Å²) in [5.41, 5.74) is 0.779. The predicted molar refractivity (Wildman–Crippen MR) is 64.7 cm³/mol. The Morgan fingerprint density at radius 2 is 2.06 bits per heavy atom. The van der Waals surface area contributed by atoms with E-state index in [1.807, 2.05) is 0 Å². The molecule has 1 amide bonds. The Hall–Kier alpha value is -1.40. The second-order valence-electron chi connectivity index (χ2n) is 4.35. The smallest absolute Gasteiger partial charge is 0.423 e. The number of carbonyl (C=O) groups is 1. The third-order valence-corrected chi connectivity index (χ3v) is 3.05. The quantitative estimate of drug-likeness (QED) is 0.637. The molecule has 0 bridgehead atoms. The molecule has 5 nitrogen and oxygen atoms in total. The number of pyridine rings is 1. The minimum Gasteiger partial charge on any atom is -0.423 e. The highest BCUT2D eigenvalue weighted by molar-refractivity contribution is 6.58. The average Bonchev–Trinajstić information content (AvgIpc) is 2.82. The van der Waals surface area contributed by atoms with Crippen LogP contribution in [0.5, 0.6) is 0 Å². The van der Waals surface area contributed by atoms with Gasteiger partial charge in [-0.05, 0) is 18.9 Å². The molecule has 0 unspecified atom stereocenters. The largest absolute Gasteiger partial charge is 0.490 e. The van der Waals surface area contributed by atoms with Gasteiger partial charge in [0.2, 0.25) is 5.91 Å². The molecule has 0 aromatic carbocycles. The number of nitrogens with zero attached hydrogens (tertiary/aromatic N) is 1. The van der Waals surface area contributed by atoms with Gasteiger partial charge in [-0.25, -0.2) is 0 Å². The van der Waals surface area contributed by atoms with Gasteiger partial charge >= 0.3 is 7.12 Å². The van der Waals surface area contributed by atoms with Crippen LogP contribution in [-0.2, 0) is 4.79 Å². The maximum absolute atomic E-state index is 11.8. The average molecular weight is 234 g/mol. The lowest BCUT2D eigenvalue weighted by Crippen LogP contribution is -2.31. The molecular weight excluding hydrogens is 219 g/mol. The molecular formula is C11H15BN2O3. The zero-order valence-electron chi connectivity index (χ0n) is 9.47. The van der Waals surface area contributed by atoms with E-state index in [1.54, 1.807) is 0 Å². The zero-order valence-corrected chi connectivity index (χ0v) is 9.47. The summed E-state index contributed by atoms with van der Waals surface area (Å²) >= 11 is 0. The van der Waals surface area contributed by atoms with E-state index in [0.29, 0.717) is 5.69 Å². The van der Waals surface area contributed by atoms with Crippen molar-refractivity contribution in [3.8, 4) is 0 Å². The van der Waals surface area contributed by atoms with Crippen molar-refractivity contribution in [1.82, 2.24) is 4.98 Å². The standard InChI is InChI=1S/C11H15BN2O3/c15-11(8-3-1-2-4-8)14-10-5-9(12(16)17)6-13-7-10/h5-8,16-17H,1-4H2,(H,14,15). The summed E-state index contributed by atoms with van der Waals surface area (Å²) in [7, 11) is -1.56. The fourth-order valence-electron chi connectivity index (χ4n) is 2.10. The zero-order chi connectivity index (χ0) is 12.3. The molecule has 17 heavy (non-hydrogen) atoms. The lowest BCUT2D eigenvalue weighted by atomic mass is 9.81. The minimum atomic E-state index is -1.56. The molecule has 3 N–H and O–H groups in total. The molecule has 1 fully saturated rings. The van der Waals surface area contributed by atoms with Crippen molar-refractivity contribution in [2.45, 2.75) is 25.7 Å². The van der Waals surface area contributed by atoms with E-state index in [0.717, 1.165) is 25.7 Å². The Morgan fingerprint density at radius 1 is 1.35 bits per heavy atom. The monoisotopic (exact) mass is 234 g/mol. The van der Waals surface area contributed by atoms with Gasteiger partial charge in [-0.2, -0.15) is 0 Å². The molecule has 1 aliphatic carbocycles. The van der Waals surface area contributed by atoms with Crippen molar-refractivity contribution in [2.75, 3.05) is 5.32 Å². The van der Waals surface area contributed by atoms with E-state index < -0.39 is 7.12 Å². The van der Waals surface area contributed by atoms with Crippen LogP contribution < -0.4 is 10.8 Å². The van der Waals surface area contributed by atoms with Crippen LogP contribution >= 0.6 is 0 Å². The van der Waals surface area contributed by atoms with E-state index in [2.05, 4.69) is 10.3 Å². The second kappa shape index (κ2) is 5.29. The summed E-state index contributed by atoms with van der Waals surface area (Å²) in [5.74, 6) is 0.0755. The number of anilines is 1. The van der Waals surface area contributed by atoms with Gasteiger partial charge < -0.3 is 15.4 Å². The van der Waals surface area contributed by atoms with Crippen LogP contribution in [-0.4, -0.2) is 28.1 Å². The Kier molecular flexibility index (Phi) is 3.76. The van der Waals surface area contributed by atoms with Gasteiger partial charge in [-0.1, -0.05) is 12.8 Å². The van der Waals surface area contributed by atoms with Gasteiger partial charge in [0.15, 0.2) is 0 Å². The Labute approximate surface area is 100 Å². The first-order valence-electron chi connectivity index (χ1n) is 5.79. The normalized spacial score (nSPS) is 15.9. The maximum Gasteiger partial charge on any atom is 0.490 e. The van der Waals surface area contributed by atoms with Gasteiger partial charge in [0.05, 0.1) is 11.9 Å². The molecule has 2 rings (SSSR count). The third kappa shape index (κ3) is 3.05. The highest BCUT2D eigenvalue weighted by atomic mass is 16.4. The van der Waals surface area contributed by atoms with Crippen molar-refractivity contribution in [3.63, 3.8) is 0 Å². The van der Waals surface area contributed by atoms with Crippen LogP contribution in [0.2, 0.25) is 0 Å². The minimum absolute atomic E-state index is 0.00567. The molecule has 1 saturated carbocycles. The summed E-state index contributed by atoms with van der Waals surface area (Å²) < 4.78 is 0. The summed E-state index contributed by atoms with van der Waals surface area (Å²) in [6.45, 7) is 0. The summed E-state index contributed by atoms with van der Waals surface area (Å²) in [6.07, 6.45) is 6.93. The predicted octanol–water partition coefficient (Wildman–Crippen LogP) is -0.110. The Morgan fingerprint density at radius 3 is 2.71 bits per heavy atom. The molecule has 0 saturated heterocycles. The first-order chi connectivity index (χ1) is 8.16. The number of carbonyl (C=O) groups excluding carboxylic acids is 1. The molecule has 0 atom stereocenters. The highest BCUT2D eigenvalue weighted by Gasteiger charge is 2.23. The number of amides is 1. The van der Waals surface area contributed by atoms with Crippen LogP contribution in [0.4, 0.5) is 5.69 Å². The van der Waals surface area contributed by atoms with E-state index in [4.69, 9.17) is 10.0 Å². The Bertz CT molecular complexity index is 405. The van der Waals surface area contributed by atoms with Crippen molar-refractivity contribution in [3.05, 3.63) is 18.5 Å². The van der Waals surface area contributed by atoms with Crippen molar-refractivity contribution in [2.24, 2.45) is 5.92 Å². The van der Waals surface area contributed by atoms with Gasteiger partial charge in [0.1, 0.15) is 0 Å². The molecule has 90 valence electrons. The van der Waals surface area contributed by atoms with Gasteiger partial charge in [-0.3, -0.25) is 9.78 Å². The first-order valence-corrected chi connectivity index (χ1v) is 5.79. The van der Waals surface area contributed by atoms with Crippen molar-refractivity contribution < 1.29 is 14.8 Å². The van der Waals surface area contributed by atoms with E-state index in [-0.39, 0.29) is 17.3 Å². The molecule has 1 aromatic heterocycles. The van der Waals surface area contributed by atoms with Crippen molar-refractivity contribution in [1.29, 1.82) is 0 Å². The maximum atomic E-state index is 11.8. The molecule has 0 aliphatic heterocycles. The molecule has 1 aliphatic rings. The lowest BCUT2D eigenvalue weighted by Gasteiger charge is -2.10.